The summed E-state index contributed by atoms with van der Waals surface area (Å²) in [4.78, 5) is 37.3. The summed E-state index contributed by atoms with van der Waals surface area (Å²) in [6, 6.07) is 14.0. The van der Waals surface area contributed by atoms with Crippen LogP contribution in [0, 0.1) is 12.3 Å². The van der Waals surface area contributed by atoms with E-state index in [9.17, 15) is 29.7 Å². The van der Waals surface area contributed by atoms with Crippen LogP contribution in [0.1, 0.15) is 79.9 Å². The normalized spacial score (nSPS) is 23.6. The van der Waals surface area contributed by atoms with Crippen LogP contribution in [-0.2, 0) is 32.0 Å². The maximum atomic E-state index is 12.6. The van der Waals surface area contributed by atoms with Gasteiger partial charge in [-0.3, -0.25) is 14.4 Å². The minimum atomic E-state index is -1.28. The van der Waals surface area contributed by atoms with Gasteiger partial charge in [0.2, 0.25) is 5.91 Å². The van der Waals surface area contributed by atoms with Crippen LogP contribution in [0.15, 0.2) is 42.5 Å². The van der Waals surface area contributed by atoms with Gasteiger partial charge >= 0.3 is 5.97 Å². The molecule has 2 fully saturated rings. The number of carbonyl (C=O) groups excluding carboxylic acids is 2. The number of likely N-dealkylation sites (N-methyl/N-ethyl adjacent to an activating group) is 1. The van der Waals surface area contributed by atoms with E-state index in [2.05, 4.69) is 34.9 Å². The molecule has 0 aromatic heterocycles. The second-order valence-electron chi connectivity index (χ2n) is 14.3. The summed E-state index contributed by atoms with van der Waals surface area (Å²) in [5.41, 5.74) is 3.93. The van der Waals surface area contributed by atoms with Crippen LogP contribution in [0.25, 0.3) is 0 Å². The van der Waals surface area contributed by atoms with E-state index in [1.165, 1.54) is 11.8 Å². The molecule has 2 aromatic carbocycles. The number of aliphatic carboxylic acids is 1. The van der Waals surface area contributed by atoms with Gasteiger partial charge in [0.15, 0.2) is 0 Å². The van der Waals surface area contributed by atoms with Crippen molar-refractivity contribution in [2.75, 3.05) is 40.0 Å². The lowest BCUT2D eigenvalue weighted by molar-refractivity contribution is -0.200. The number of nitrogens with one attached hydrogen (secondary N) is 2. The highest BCUT2D eigenvalue weighted by atomic mass is 32.2. The van der Waals surface area contributed by atoms with Gasteiger partial charge in [-0.2, -0.15) is 0 Å². The fraction of sp³-hybridized carbons (Fsp3) is 0.605. The van der Waals surface area contributed by atoms with Gasteiger partial charge in [0.25, 0.3) is 0 Å². The maximum absolute atomic E-state index is 12.6. The Bertz CT molecular complexity index is 1390. The van der Waals surface area contributed by atoms with E-state index in [1.54, 1.807) is 6.26 Å². The van der Waals surface area contributed by atoms with E-state index in [-0.39, 0.29) is 24.2 Å². The minimum Gasteiger partial charge on any atom is -0.480 e. The van der Waals surface area contributed by atoms with Crippen molar-refractivity contribution in [3.05, 3.63) is 70.3 Å². The lowest BCUT2D eigenvalue weighted by Gasteiger charge is -2.40. The first-order valence-corrected chi connectivity index (χ1v) is 18.7. The molecule has 0 radical (unpaired) electrons. The number of hydrogen-bond acceptors (Lipinski definition) is 10. The van der Waals surface area contributed by atoms with Gasteiger partial charge in [-0.25, -0.2) is 0 Å². The molecule has 11 nitrogen and oxygen atoms in total. The van der Waals surface area contributed by atoms with Crippen molar-refractivity contribution in [2.45, 2.75) is 102 Å². The summed E-state index contributed by atoms with van der Waals surface area (Å²) >= 11 is 1.30. The van der Waals surface area contributed by atoms with Crippen LogP contribution in [0.4, 0.5) is 0 Å². The number of Topliss-reactive ketones (excluding diaryl/α,β-unsaturated/α-hetero) is 1. The van der Waals surface area contributed by atoms with Crippen molar-refractivity contribution in [1.29, 1.82) is 0 Å². The summed E-state index contributed by atoms with van der Waals surface area (Å²) in [6.07, 6.45) is 2.11. The van der Waals surface area contributed by atoms with E-state index >= 15 is 0 Å². The first kappa shape index (κ1) is 41.6. The quantitative estimate of drug-likeness (QED) is 0.160. The third-order valence-electron chi connectivity index (χ3n) is 9.30. The van der Waals surface area contributed by atoms with Crippen LogP contribution in [0.5, 0.6) is 0 Å². The molecular formula is C38H57N3O8S. The highest BCUT2D eigenvalue weighted by Gasteiger charge is 2.44. The molecular weight excluding hydrogens is 658 g/mol. The number of nitrogens with zero attached hydrogens (tertiary/aromatic N) is 1. The number of rotatable bonds is 15. The number of carboxylic acids is 1. The molecule has 12 heteroatoms. The summed E-state index contributed by atoms with van der Waals surface area (Å²) < 4.78 is 5.95. The molecule has 0 unspecified atom stereocenters. The summed E-state index contributed by atoms with van der Waals surface area (Å²) in [5.74, 6) is -0.702. The molecule has 0 aliphatic carbocycles. The number of aliphatic hydroxyl groups is 3. The molecule has 0 spiro atoms. The average Bonchev–Trinajstić information content (AvgIpc) is 3.62. The van der Waals surface area contributed by atoms with Crippen molar-refractivity contribution < 1.29 is 39.5 Å². The average molecular weight is 716 g/mol. The zero-order valence-electron chi connectivity index (χ0n) is 30.4. The molecule has 2 aliphatic heterocycles. The Hall–Kier alpha value is -2.84. The number of amides is 1. The largest absolute Gasteiger partial charge is 0.480 e. The van der Waals surface area contributed by atoms with Crippen molar-refractivity contribution in [3.8, 4) is 0 Å². The smallest absolute Gasteiger partial charge is 0.320 e. The van der Waals surface area contributed by atoms with Gasteiger partial charge < -0.3 is 40.7 Å². The van der Waals surface area contributed by atoms with Crippen LogP contribution in [0.2, 0.25) is 0 Å². The number of thioether (sulfide) groups is 1. The van der Waals surface area contributed by atoms with Crippen LogP contribution < -0.4 is 10.6 Å². The lowest BCUT2D eigenvalue weighted by Crippen LogP contribution is -2.52. The predicted molar refractivity (Wildman–Crippen MR) is 196 cm³/mol. The highest BCUT2D eigenvalue weighted by molar-refractivity contribution is 7.99. The molecule has 2 aromatic rings. The molecule has 4 rings (SSSR count). The first-order chi connectivity index (χ1) is 23.6. The number of aryl methyl sites for hydroxylation is 2. The van der Waals surface area contributed by atoms with Gasteiger partial charge in [-0.05, 0) is 93.7 Å². The SMILES string of the molecule is CS[C@H]1O[C@@H](c2ccc(C)c(Cc3ccc(CCCC(=O)CC(C)(C)C(=O)NCCN(C)C)cc3)c2)[C@H](O)[C@@H](O)[C@@H]1O.O=C(O)[C@@H]1CCCN1. The van der Waals surface area contributed by atoms with Crippen LogP contribution in [0.3, 0.4) is 0 Å². The summed E-state index contributed by atoms with van der Waals surface area (Å²) in [7, 11) is 3.91. The Morgan fingerprint density at radius 2 is 1.70 bits per heavy atom. The fourth-order valence-corrected chi connectivity index (χ4v) is 6.77. The van der Waals surface area contributed by atoms with Crippen LogP contribution >= 0.6 is 11.8 Å². The molecule has 1 amide bonds. The third kappa shape index (κ3) is 12.4. The van der Waals surface area contributed by atoms with Gasteiger partial charge in [0.1, 0.15) is 41.7 Å². The minimum absolute atomic E-state index is 0.0861. The second kappa shape index (κ2) is 19.7. The van der Waals surface area contributed by atoms with Crippen molar-refractivity contribution >= 4 is 29.4 Å². The number of benzene rings is 2. The standard InChI is InChI=1S/C33H48N2O6S.C5H9NO2/c1-21-10-15-24(30-28(38)27(37)29(39)31(41-30)42-6)19-25(21)18-23-13-11-22(12-14-23)8-7-9-26(36)20-33(2,3)32(40)34-16-17-35(4)5;7-5(8)4-2-1-3-6-4/h10-15,19,27-31,37-39H,7-9,16-18,20H2,1-6H3,(H,34,40);4,6H,1-3H2,(H,7,8)/t27-,28-,29+,30+,31-;4-/m10/s1. The maximum Gasteiger partial charge on any atom is 0.320 e. The summed E-state index contributed by atoms with van der Waals surface area (Å²) in [5, 5.41) is 45.3. The third-order valence-corrected chi connectivity index (χ3v) is 10.2. The number of carbonyl (C=O) groups is 3. The van der Waals surface area contributed by atoms with Gasteiger partial charge in [-0.1, -0.05) is 56.3 Å². The van der Waals surface area contributed by atoms with Crippen molar-refractivity contribution in [2.24, 2.45) is 5.41 Å². The second-order valence-corrected chi connectivity index (χ2v) is 15.2. The monoisotopic (exact) mass is 715 g/mol. The number of ketones is 1. The molecule has 2 saturated heterocycles. The molecule has 2 aliphatic rings. The number of hydrogen-bond donors (Lipinski definition) is 6. The zero-order valence-corrected chi connectivity index (χ0v) is 31.2. The molecule has 6 atom stereocenters. The Labute approximate surface area is 301 Å². The Morgan fingerprint density at radius 3 is 2.28 bits per heavy atom. The highest BCUT2D eigenvalue weighted by Crippen LogP contribution is 2.36. The number of ether oxygens (including phenoxy) is 1. The van der Waals surface area contributed by atoms with Gasteiger partial charge in [0.05, 0.1) is 5.41 Å². The van der Waals surface area contributed by atoms with Crippen molar-refractivity contribution in [3.63, 3.8) is 0 Å². The number of carboxylic acid groups (broad SMARTS) is 1. The fourth-order valence-electron chi connectivity index (χ4n) is 6.10. The zero-order chi connectivity index (χ0) is 37.0. The van der Waals surface area contributed by atoms with E-state index in [0.717, 1.165) is 66.6 Å². The molecule has 50 heavy (non-hydrogen) atoms. The molecule has 0 saturated carbocycles. The Balaban J connectivity index is 0.000000740. The van der Waals surface area contributed by atoms with Crippen LogP contribution in [-0.4, -0.2) is 113 Å². The van der Waals surface area contributed by atoms with E-state index in [4.69, 9.17) is 9.84 Å². The topological polar surface area (TPSA) is 169 Å². The van der Waals surface area contributed by atoms with E-state index in [0.29, 0.717) is 19.4 Å². The molecule has 0 bridgehead atoms. The Kier molecular flexibility index (Phi) is 16.4. The van der Waals surface area contributed by atoms with E-state index in [1.807, 2.05) is 58.0 Å². The van der Waals surface area contributed by atoms with E-state index < -0.39 is 41.2 Å². The molecule has 6 N–H and O–H groups in total. The summed E-state index contributed by atoms with van der Waals surface area (Å²) in [6.45, 7) is 7.87. The lowest BCUT2D eigenvalue weighted by atomic mass is 9.85. The first-order valence-electron chi connectivity index (χ1n) is 17.4. The Morgan fingerprint density at radius 1 is 1.02 bits per heavy atom. The van der Waals surface area contributed by atoms with Crippen molar-refractivity contribution in [1.82, 2.24) is 15.5 Å². The molecule has 278 valence electrons. The van der Waals surface area contributed by atoms with Gasteiger partial charge in [-0.15, -0.1) is 11.8 Å². The molecule has 2 heterocycles. The van der Waals surface area contributed by atoms with Gasteiger partial charge in [0, 0.05) is 25.9 Å². The predicted octanol–water partition coefficient (Wildman–Crippen LogP) is 3.24. The number of aliphatic hydroxyl groups excluding tert-OH is 3.